The van der Waals surface area contributed by atoms with Crippen LogP contribution >= 0.6 is 0 Å². The van der Waals surface area contributed by atoms with Crippen LogP contribution in [0, 0.1) is 5.82 Å². The minimum Gasteiger partial charge on any atom is -0.326 e. The predicted octanol–water partition coefficient (Wildman–Crippen LogP) is 1.55. The first-order valence-corrected chi connectivity index (χ1v) is 9.54. The van der Waals surface area contributed by atoms with Crippen molar-refractivity contribution in [3.05, 3.63) is 59.9 Å². The molecule has 0 bridgehead atoms. The smallest absolute Gasteiger partial charge is 0.255 e. The third-order valence-corrected chi connectivity index (χ3v) is 5.34. The number of sulfonamides is 1. The molecule has 2 rings (SSSR count). The van der Waals surface area contributed by atoms with Crippen LogP contribution in [-0.2, 0) is 19.6 Å². The molecule has 0 unspecified atom stereocenters. The van der Waals surface area contributed by atoms with E-state index in [4.69, 9.17) is 0 Å². The Labute approximate surface area is 162 Å². The summed E-state index contributed by atoms with van der Waals surface area (Å²) < 4.78 is 38.7. The number of carbonyl (C=O) groups excluding carboxylic acids is 2. The molecule has 0 aliphatic carbocycles. The van der Waals surface area contributed by atoms with Crippen molar-refractivity contribution in [2.24, 2.45) is 5.10 Å². The molecule has 0 aromatic heterocycles. The Bertz CT molecular complexity index is 974. The van der Waals surface area contributed by atoms with E-state index in [1.807, 2.05) is 0 Å². The number of likely N-dealkylation sites (N-methyl/N-ethyl adjacent to an activating group) is 1. The van der Waals surface area contributed by atoms with Gasteiger partial charge in [0.1, 0.15) is 5.82 Å². The Balaban J connectivity index is 1.96. The normalized spacial score (nSPS) is 11.6. The lowest BCUT2D eigenvalue weighted by Gasteiger charge is -2.16. The quantitative estimate of drug-likeness (QED) is 0.537. The number of hydrazone groups is 1. The summed E-state index contributed by atoms with van der Waals surface area (Å²) in [6, 6.07) is 11.0. The molecule has 0 aliphatic heterocycles. The average molecular weight is 406 g/mol. The number of hydrogen-bond donors (Lipinski definition) is 2. The molecule has 8 nitrogen and oxygen atoms in total. The van der Waals surface area contributed by atoms with Crippen LogP contribution in [0.3, 0.4) is 0 Å². The maximum atomic E-state index is 12.8. The van der Waals surface area contributed by atoms with E-state index in [9.17, 15) is 22.4 Å². The number of hydrogen-bond acceptors (Lipinski definition) is 5. The van der Waals surface area contributed by atoms with E-state index in [-0.39, 0.29) is 10.8 Å². The average Bonchev–Trinajstić information content (AvgIpc) is 2.63. The van der Waals surface area contributed by atoms with Crippen molar-refractivity contribution in [1.82, 2.24) is 9.73 Å². The highest BCUT2D eigenvalue weighted by molar-refractivity contribution is 7.89. The van der Waals surface area contributed by atoms with Gasteiger partial charge in [0.05, 0.1) is 17.7 Å². The third-order valence-electron chi connectivity index (χ3n) is 3.52. The molecule has 0 saturated heterocycles. The van der Waals surface area contributed by atoms with E-state index in [1.165, 1.54) is 68.7 Å². The van der Waals surface area contributed by atoms with Crippen molar-refractivity contribution in [1.29, 1.82) is 0 Å². The van der Waals surface area contributed by atoms with Gasteiger partial charge in [-0.05, 0) is 42.0 Å². The fraction of sp³-hybridized carbons (Fsp3) is 0.167. The van der Waals surface area contributed by atoms with Crippen molar-refractivity contribution in [2.75, 3.05) is 18.9 Å². The van der Waals surface area contributed by atoms with Crippen molar-refractivity contribution in [2.45, 2.75) is 11.8 Å². The van der Waals surface area contributed by atoms with Crippen LogP contribution in [0.2, 0.25) is 0 Å². The van der Waals surface area contributed by atoms with Gasteiger partial charge in [0.25, 0.3) is 5.91 Å². The van der Waals surface area contributed by atoms with E-state index >= 15 is 0 Å². The van der Waals surface area contributed by atoms with Gasteiger partial charge < -0.3 is 5.32 Å². The lowest BCUT2D eigenvalue weighted by atomic mass is 10.2. The first kappa shape index (κ1) is 21.2. The van der Waals surface area contributed by atoms with Gasteiger partial charge in [-0.1, -0.05) is 12.1 Å². The highest BCUT2D eigenvalue weighted by Gasteiger charge is 2.22. The van der Waals surface area contributed by atoms with E-state index < -0.39 is 28.3 Å². The number of anilines is 1. The van der Waals surface area contributed by atoms with Gasteiger partial charge >= 0.3 is 0 Å². The number of amides is 2. The minimum absolute atomic E-state index is 0.0216. The molecule has 0 aliphatic rings. The van der Waals surface area contributed by atoms with Gasteiger partial charge in [-0.2, -0.15) is 9.41 Å². The van der Waals surface area contributed by atoms with Crippen LogP contribution in [0.25, 0.3) is 0 Å². The molecule has 0 fully saturated rings. The highest BCUT2D eigenvalue weighted by atomic mass is 32.2. The largest absolute Gasteiger partial charge is 0.326 e. The van der Waals surface area contributed by atoms with E-state index in [1.54, 1.807) is 0 Å². The van der Waals surface area contributed by atoms with Gasteiger partial charge in [-0.15, -0.1) is 0 Å². The molecule has 28 heavy (non-hydrogen) atoms. The second-order valence-corrected chi connectivity index (χ2v) is 7.86. The van der Waals surface area contributed by atoms with Crippen LogP contribution in [0.1, 0.15) is 12.5 Å². The summed E-state index contributed by atoms with van der Waals surface area (Å²) in [6.07, 6.45) is 1.31. The molecule has 0 heterocycles. The van der Waals surface area contributed by atoms with Crippen molar-refractivity contribution >= 4 is 33.7 Å². The van der Waals surface area contributed by atoms with E-state index in [0.717, 1.165) is 4.31 Å². The Morgan fingerprint density at radius 3 is 2.29 bits per heavy atom. The Hall–Kier alpha value is -3.11. The zero-order valence-corrected chi connectivity index (χ0v) is 16.0. The van der Waals surface area contributed by atoms with Gasteiger partial charge in [0, 0.05) is 19.7 Å². The summed E-state index contributed by atoms with van der Waals surface area (Å²) >= 11 is 0. The SMILES string of the molecule is CC(=O)Nc1ccc(S(=O)(=O)N(C)CC(=O)N/N=C\c2ccc(F)cc2)cc1. The van der Waals surface area contributed by atoms with Gasteiger partial charge in [0.15, 0.2) is 0 Å². The zero-order valence-electron chi connectivity index (χ0n) is 15.2. The molecule has 0 atom stereocenters. The lowest BCUT2D eigenvalue weighted by Crippen LogP contribution is -2.36. The molecule has 2 amide bonds. The number of benzene rings is 2. The molecule has 2 N–H and O–H groups in total. The molecular weight excluding hydrogens is 387 g/mol. The highest BCUT2D eigenvalue weighted by Crippen LogP contribution is 2.17. The van der Waals surface area contributed by atoms with Crippen LogP contribution in [-0.4, -0.2) is 44.3 Å². The Morgan fingerprint density at radius 2 is 1.71 bits per heavy atom. The predicted molar refractivity (Wildman–Crippen MR) is 103 cm³/mol. The molecule has 2 aromatic rings. The van der Waals surface area contributed by atoms with Crippen LogP contribution < -0.4 is 10.7 Å². The van der Waals surface area contributed by atoms with Crippen LogP contribution in [0.15, 0.2) is 58.5 Å². The summed E-state index contributed by atoms with van der Waals surface area (Å²) in [7, 11) is -2.63. The van der Waals surface area contributed by atoms with Crippen LogP contribution in [0.4, 0.5) is 10.1 Å². The molecule has 10 heteroatoms. The second kappa shape index (κ2) is 9.20. The standard InChI is InChI=1S/C18H19FN4O4S/c1-13(24)21-16-7-9-17(10-8-16)28(26,27)23(2)12-18(25)22-20-11-14-3-5-15(19)6-4-14/h3-11H,12H2,1-2H3,(H,21,24)(H,22,25)/b20-11-. The van der Waals surface area contributed by atoms with Gasteiger partial charge in [-0.3, -0.25) is 9.59 Å². The van der Waals surface area contributed by atoms with E-state index in [2.05, 4.69) is 15.8 Å². The second-order valence-electron chi connectivity index (χ2n) is 5.81. The fourth-order valence-electron chi connectivity index (χ4n) is 2.14. The monoisotopic (exact) mass is 406 g/mol. The molecule has 0 saturated carbocycles. The lowest BCUT2D eigenvalue weighted by molar-refractivity contribution is -0.121. The van der Waals surface area contributed by atoms with Crippen molar-refractivity contribution < 1.29 is 22.4 Å². The van der Waals surface area contributed by atoms with Crippen LogP contribution in [0.5, 0.6) is 0 Å². The van der Waals surface area contributed by atoms with Crippen molar-refractivity contribution in [3.8, 4) is 0 Å². The minimum atomic E-state index is -3.89. The number of halogens is 1. The topological polar surface area (TPSA) is 108 Å². The summed E-state index contributed by atoms with van der Waals surface area (Å²) in [5, 5.41) is 6.25. The number of nitrogens with zero attached hydrogens (tertiary/aromatic N) is 2. The summed E-state index contributed by atoms with van der Waals surface area (Å²) in [6.45, 7) is 0.895. The summed E-state index contributed by atoms with van der Waals surface area (Å²) in [5.41, 5.74) is 3.25. The van der Waals surface area contributed by atoms with Crippen molar-refractivity contribution in [3.63, 3.8) is 0 Å². The maximum Gasteiger partial charge on any atom is 0.255 e. The first-order chi connectivity index (χ1) is 13.2. The Kier molecular flexibility index (Phi) is 6.96. The number of carbonyl (C=O) groups is 2. The van der Waals surface area contributed by atoms with Gasteiger partial charge in [-0.25, -0.2) is 18.2 Å². The van der Waals surface area contributed by atoms with E-state index in [0.29, 0.717) is 11.3 Å². The maximum absolute atomic E-state index is 12.8. The molecule has 0 radical (unpaired) electrons. The fourth-order valence-corrected chi connectivity index (χ4v) is 3.27. The molecule has 148 valence electrons. The summed E-state index contributed by atoms with van der Waals surface area (Å²) in [5.74, 6) is -1.30. The number of nitrogens with one attached hydrogen (secondary N) is 2. The summed E-state index contributed by atoms with van der Waals surface area (Å²) in [4.78, 5) is 22.9. The molecule has 2 aromatic carbocycles. The number of rotatable bonds is 7. The molecular formula is C18H19FN4O4S. The molecule has 0 spiro atoms. The first-order valence-electron chi connectivity index (χ1n) is 8.10. The Morgan fingerprint density at radius 1 is 1.11 bits per heavy atom. The zero-order chi connectivity index (χ0) is 20.7. The third kappa shape index (κ3) is 5.96. The van der Waals surface area contributed by atoms with Gasteiger partial charge in [0.2, 0.25) is 15.9 Å².